The van der Waals surface area contributed by atoms with Crippen LogP contribution in [0.4, 0.5) is 0 Å². The van der Waals surface area contributed by atoms with Crippen molar-refractivity contribution in [2.45, 2.75) is 51.4 Å². The van der Waals surface area contributed by atoms with Gasteiger partial charge in [-0.25, -0.2) is 17.2 Å². The van der Waals surface area contributed by atoms with Crippen molar-refractivity contribution in [2.24, 2.45) is 0 Å². The average Bonchev–Trinajstić information content (AvgIpc) is 3.43. The molecule has 0 bridgehead atoms. The van der Waals surface area contributed by atoms with Crippen LogP contribution in [0.15, 0.2) is 120 Å². The van der Waals surface area contributed by atoms with E-state index in [-0.39, 0.29) is 29.4 Å². The van der Waals surface area contributed by atoms with Gasteiger partial charge in [-0.15, -0.1) is 0 Å². The Hall–Kier alpha value is -4.82. The summed E-state index contributed by atoms with van der Waals surface area (Å²) in [6.45, 7) is 7.75. The Morgan fingerprint density at radius 1 is 0.682 bits per heavy atom. The average molecular weight is 610 g/mol. The monoisotopic (exact) mass is 609 g/mol. The molecule has 8 heteroatoms. The fourth-order valence-corrected chi connectivity index (χ4v) is 6.21. The predicted molar refractivity (Wildman–Crippen MR) is 171 cm³/mol. The highest BCUT2D eigenvalue weighted by Crippen LogP contribution is 2.40. The molecule has 5 aromatic rings. The summed E-state index contributed by atoms with van der Waals surface area (Å²) in [6.07, 6.45) is 1.46. The summed E-state index contributed by atoms with van der Waals surface area (Å²) in [6, 6.07) is 31.9. The molecule has 1 aromatic heterocycles. The first-order chi connectivity index (χ1) is 21.1. The Kier molecular flexibility index (Phi) is 9.20. The van der Waals surface area contributed by atoms with Crippen LogP contribution in [0.2, 0.25) is 0 Å². The van der Waals surface area contributed by atoms with Crippen LogP contribution in [0.1, 0.15) is 43.7 Å². The quantitative estimate of drug-likeness (QED) is 0.141. The minimum atomic E-state index is -4.20. The highest BCUT2D eigenvalue weighted by atomic mass is 32.2. The van der Waals surface area contributed by atoms with Gasteiger partial charge in [0.25, 0.3) is 10.0 Å². The predicted octanol–water partition coefficient (Wildman–Crippen LogP) is 7.99. The maximum atomic E-state index is 14.1. The molecule has 0 amide bonds. The van der Waals surface area contributed by atoms with Crippen molar-refractivity contribution in [3.05, 3.63) is 127 Å². The Morgan fingerprint density at radius 2 is 1.18 bits per heavy atom. The number of carbonyl (C=O) groups excluding carboxylic acids is 1. The van der Waals surface area contributed by atoms with E-state index in [9.17, 15) is 13.2 Å². The summed E-state index contributed by atoms with van der Waals surface area (Å²) in [4.78, 5) is 14.0. The van der Waals surface area contributed by atoms with Crippen molar-refractivity contribution < 1.29 is 27.4 Å². The maximum absolute atomic E-state index is 14.1. The number of hydrogen-bond acceptors (Lipinski definition) is 6. The lowest BCUT2D eigenvalue weighted by atomic mass is 9.96. The first-order valence-corrected chi connectivity index (χ1v) is 15.9. The van der Waals surface area contributed by atoms with Crippen molar-refractivity contribution in [3.8, 4) is 33.8 Å². The second-order valence-corrected chi connectivity index (χ2v) is 12.6. The molecule has 5 rings (SSSR count). The number of benzene rings is 4. The van der Waals surface area contributed by atoms with E-state index in [1.165, 1.54) is 18.3 Å². The Balaban J connectivity index is 1.72. The smallest absolute Gasteiger partial charge is 0.357 e. The van der Waals surface area contributed by atoms with Gasteiger partial charge < -0.3 is 14.2 Å². The normalized spacial score (nSPS) is 11.5. The summed E-state index contributed by atoms with van der Waals surface area (Å²) >= 11 is 0. The molecule has 7 nitrogen and oxygen atoms in total. The van der Waals surface area contributed by atoms with Crippen LogP contribution < -0.4 is 9.47 Å². The number of carbonyl (C=O) groups is 1. The lowest BCUT2D eigenvalue weighted by molar-refractivity contribution is 0.0465. The fraction of sp³-hybridized carbons (Fsp3) is 0.194. The molecular formula is C36H35NO6S. The highest BCUT2D eigenvalue weighted by molar-refractivity contribution is 7.90. The van der Waals surface area contributed by atoms with Crippen molar-refractivity contribution >= 4 is 16.0 Å². The third kappa shape index (κ3) is 6.87. The standard InChI is InChI=1S/C36H35NO6S/c1-25(2)42-30-19-15-28(16-20-30)33-23-37(44(39,40)32-13-9-6-10-14-32)35(36(38)41-24-27-11-7-5-8-12-27)34(33)29-17-21-31(22-18-29)43-26(3)4/h5-23,25-26H,24H2,1-4H3. The molecule has 1 heterocycles. The van der Waals surface area contributed by atoms with Gasteiger partial charge in [-0.2, -0.15) is 0 Å². The number of rotatable bonds is 11. The first-order valence-electron chi connectivity index (χ1n) is 14.4. The highest BCUT2D eigenvalue weighted by Gasteiger charge is 2.31. The van der Waals surface area contributed by atoms with E-state index in [1.54, 1.807) is 30.3 Å². The lowest BCUT2D eigenvalue weighted by Gasteiger charge is -2.14. The zero-order valence-corrected chi connectivity index (χ0v) is 26.0. The van der Waals surface area contributed by atoms with E-state index >= 15 is 0 Å². The van der Waals surface area contributed by atoms with Crippen molar-refractivity contribution in [1.82, 2.24) is 3.97 Å². The Morgan fingerprint density at radius 3 is 1.70 bits per heavy atom. The van der Waals surface area contributed by atoms with Gasteiger partial charge in [-0.05, 0) is 80.8 Å². The topological polar surface area (TPSA) is 83.8 Å². The van der Waals surface area contributed by atoms with Gasteiger partial charge >= 0.3 is 5.97 Å². The third-order valence-corrected chi connectivity index (χ3v) is 8.40. The molecule has 0 aliphatic heterocycles. The van der Waals surface area contributed by atoms with Crippen LogP contribution in [-0.4, -0.2) is 30.6 Å². The second-order valence-electron chi connectivity index (χ2n) is 10.8. The number of esters is 1. The van der Waals surface area contributed by atoms with Crippen LogP contribution in [0, 0.1) is 0 Å². The van der Waals surface area contributed by atoms with Gasteiger partial charge in [0.15, 0.2) is 5.69 Å². The molecular weight excluding hydrogens is 574 g/mol. The van der Waals surface area contributed by atoms with Crippen LogP contribution >= 0.6 is 0 Å². The summed E-state index contributed by atoms with van der Waals surface area (Å²) in [5.41, 5.74) is 2.99. The molecule has 0 fully saturated rings. The second kappa shape index (κ2) is 13.2. The molecule has 0 aliphatic rings. The number of ether oxygens (including phenoxy) is 3. The Labute approximate surface area is 258 Å². The van der Waals surface area contributed by atoms with Crippen LogP contribution in [0.3, 0.4) is 0 Å². The molecule has 0 saturated heterocycles. The van der Waals surface area contributed by atoms with Gasteiger partial charge in [0.05, 0.1) is 17.1 Å². The fourth-order valence-electron chi connectivity index (χ4n) is 4.83. The van der Waals surface area contributed by atoms with Gasteiger partial charge in [0.1, 0.15) is 18.1 Å². The number of hydrogen-bond donors (Lipinski definition) is 0. The van der Waals surface area contributed by atoms with Crippen LogP contribution in [0.5, 0.6) is 11.5 Å². The molecule has 0 saturated carbocycles. The van der Waals surface area contributed by atoms with Gasteiger partial charge in [0, 0.05) is 17.3 Å². The van der Waals surface area contributed by atoms with E-state index < -0.39 is 16.0 Å². The van der Waals surface area contributed by atoms with E-state index in [0.717, 1.165) is 9.54 Å². The van der Waals surface area contributed by atoms with E-state index in [4.69, 9.17) is 14.2 Å². The molecule has 0 spiro atoms. The van der Waals surface area contributed by atoms with Crippen LogP contribution in [0.25, 0.3) is 22.3 Å². The number of nitrogens with zero attached hydrogens (tertiary/aromatic N) is 1. The third-order valence-electron chi connectivity index (χ3n) is 6.73. The van der Waals surface area contributed by atoms with Crippen LogP contribution in [-0.2, 0) is 21.4 Å². The molecule has 226 valence electrons. The zero-order valence-electron chi connectivity index (χ0n) is 25.1. The van der Waals surface area contributed by atoms with E-state index in [2.05, 4.69) is 0 Å². The maximum Gasteiger partial charge on any atom is 0.357 e. The lowest BCUT2D eigenvalue weighted by Crippen LogP contribution is -2.20. The van der Waals surface area contributed by atoms with Crippen molar-refractivity contribution in [3.63, 3.8) is 0 Å². The summed E-state index contributed by atoms with van der Waals surface area (Å²) < 4.78 is 46.7. The summed E-state index contributed by atoms with van der Waals surface area (Å²) in [7, 11) is -4.20. The molecule has 0 atom stereocenters. The molecule has 0 radical (unpaired) electrons. The van der Waals surface area contributed by atoms with Gasteiger partial charge in [0.2, 0.25) is 0 Å². The summed E-state index contributed by atoms with van der Waals surface area (Å²) in [5, 5.41) is 0. The zero-order chi connectivity index (χ0) is 31.3. The first kappa shape index (κ1) is 30.6. The molecule has 0 unspecified atom stereocenters. The Bertz CT molecular complexity index is 1810. The largest absolute Gasteiger partial charge is 0.491 e. The minimum absolute atomic E-state index is 0.00827. The van der Waals surface area contributed by atoms with Crippen molar-refractivity contribution in [1.29, 1.82) is 0 Å². The van der Waals surface area contributed by atoms with Crippen molar-refractivity contribution in [2.75, 3.05) is 0 Å². The van der Waals surface area contributed by atoms with Gasteiger partial charge in [-0.3, -0.25) is 0 Å². The molecule has 44 heavy (non-hydrogen) atoms. The minimum Gasteiger partial charge on any atom is -0.491 e. The SMILES string of the molecule is CC(C)Oc1ccc(-c2cn(S(=O)(=O)c3ccccc3)c(C(=O)OCc3ccccc3)c2-c2ccc(OC(C)C)cc2)cc1. The van der Waals surface area contributed by atoms with E-state index in [1.807, 2.05) is 94.4 Å². The number of aromatic nitrogens is 1. The molecule has 0 aliphatic carbocycles. The summed E-state index contributed by atoms with van der Waals surface area (Å²) in [5.74, 6) is 0.571. The molecule has 0 N–H and O–H groups in total. The molecule has 4 aromatic carbocycles. The van der Waals surface area contributed by atoms with E-state index in [0.29, 0.717) is 33.8 Å². The van der Waals surface area contributed by atoms with Gasteiger partial charge in [-0.1, -0.05) is 72.8 Å².